The van der Waals surface area contributed by atoms with Gasteiger partial charge in [0, 0.05) is 55.2 Å². The largest absolute Gasteiger partial charge is 0.354 e. The first-order valence-electron chi connectivity index (χ1n) is 25.7. The number of para-hydroxylation sites is 2. The minimum atomic E-state index is 0.958. The van der Waals surface area contributed by atoms with E-state index in [1.165, 1.54) is 49.2 Å². The van der Waals surface area contributed by atoms with Gasteiger partial charge in [-0.2, -0.15) is 0 Å². The van der Waals surface area contributed by atoms with Crippen LogP contribution in [0.2, 0.25) is 0 Å². The third-order valence-corrected chi connectivity index (χ3v) is 14.9. The molecule has 0 fully saturated rings. The zero-order valence-electron chi connectivity index (χ0n) is 41.1. The molecule has 0 aliphatic carbocycles. The maximum atomic E-state index is 4.13. The number of nitrogens with one attached hydrogen (secondary N) is 2. The number of fused-ring (bicyclic) bond motifs is 6. The van der Waals surface area contributed by atoms with Crippen molar-refractivity contribution in [2.45, 2.75) is 0 Å². The summed E-state index contributed by atoms with van der Waals surface area (Å²) in [5.74, 6) is 0. The molecule has 0 unspecified atom stereocenters. The Labute approximate surface area is 436 Å². The number of rotatable bonds is 11. The molecule has 352 valence electrons. The van der Waals surface area contributed by atoms with Crippen molar-refractivity contribution in [1.82, 2.24) is 4.40 Å². The summed E-state index contributed by atoms with van der Waals surface area (Å²) in [5.41, 5.74) is 23.5. The molecule has 2 heterocycles. The third kappa shape index (κ3) is 7.95. The SMILES string of the molecule is c1ccc(-c2cc(-c3ccccc3)c(Nc3cc(Nc4c(-c5ccccc5)cc(-c5ccccc5)cc4-c4ccccc4)cc(-c4ccc5c(c4)c4cccc6c7ccccc7n5c64)c3)c(-c3ccccc3)c2)cc1. The fourth-order valence-electron chi connectivity index (χ4n) is 11.4. The van der Waals surface area contributed by atoms with Crippen molar-refractivity contribution in [3.8, 4) is 77.9 Å². The van der Waals surface area contributed by atoms with E-state index in [2.05, 4.69) is 300 Å². The topological polar surface area (TPSA) is 28.5 Å². The summed E-state index contributed by atoms with van der Waals surface area (Å²) in [5, 5.41) is 13.3. The van der Waals surface area contributed by atoms with Gasteiger partial charge in [-0.1, -0.05) is 224 Å². The molecule has 2 N–H and O–H groups in total. The zero-order chi connectivity index (χ0) is 49.7. The summed E-state index contributed by atoms with van der Waals surface area (Å²) in [6.07, 6.45) is 0. The van der Waals surface area contributed by atoms with E-state index in [0.717, 1.165) is 89.5 Å². The van der Waals surface area contributed by atoms with Crippen molar-refractivity contribution in [3.05, 3.63) is 285 Å². The van der Waals surface area contributed by atoms with Gasteiger partial charge >= 0.3 is 0 Å². The molecule has 0 aliphatic heterocycles. The van der Waals surface area contributed by atoms with Crippen molar-refractivity contribution < 1.29 is 0 Å². The molecule has 0 spiro atoms. The molecule has 14 rings (SSSR count). The minimum absolute atomic E-state index is 0.958. The number of nitrogens with zero attached hydrogens (tertiary/aromatic N) is 1. The monoisotopic (exact) mass is 955 g/mol. The van der Waals surface area contributed by atoms with Crippen molar-refractivity contribution in [3.63, 3.8) is 0 Å². The van der Waals surface area contributed by atoms with E-state index in [1.807, 2.05) is 0 Å². The average molecular weight is 956 g/mol. The number of hydrogen-bond acceptors (Lipinski definition) is 2. The van der Waals surface area contributed by atoms with Crippen molar-refractivity contribution in [2.75, 3.05) is 10.6 Å². The molecule has 2 aromatic heterocycles. The van der Waals surface area contributed by atoms with Crippen LogP contribution in [0.25, 0.3) is 116 Å². The Morgan fingerprint density at radius 3 is 1.00 bits per heavy atom. The first-order valence-corrected chi connectivity index (χ1v) is 25.7. The number of benzene rings is 12. The molecule has 0 saturated heterocycles. The molecule has 0 radical (unpaired) electrons. The van der Waals surface area contributed by atoms with Gasteiger partial charge < -0.3 is 15.0 Å². The number of hydrogen-bond donors (Lipinski definition) is 2. The van der Waals surface area contributed by atoms with Crippen LogP contribution in [0, 0.1) is 0 Å². The maximum Gasteiger partial charge on any atom is 0.0620 e. The summed E-state index contributed by atoms with van der Waals surface area (Å²) < 4.78 is 2.45. The van der Waals surface area contributed by atoms with E-state index in [-0.39, 0.29) is 0 Å². The van der Waals surface area contributed by atoms with Crippen LogP contribution >= 0.6 is 0 Å². The third-order valence-electron chi connectivity index (χ3n) is 14.9. The van der Waals surface area contributed by atoms with E-state index in [1.54, 1.807) is 0 Å². The normalized spacial score (nSPS) is 11.5. The molecule has 0 aliphatic rings. The van der Waals surface area contributed by atoms with E-state index >= 15 is 0 Å². The molecule has 3 heteroatoms. The average Bonchev–Trinajstić information content (AvgIpc) is 4.08. The predicted octanol–water partition coefficient (Wildman–Crippen LogP) is 20.0. The molecule has 3 nitrogen and oxygen atoms in total. The summed E-state index contributed by atoms with van der Waals surface area (Å²) in [7, 11) is 0. The van der Waals surface area contributed by atoms with E-state index in [4.69, 9.17) is 0 Å². The summed E-state index contributed by atoms with van der Waals surface area (Å²) in [6, 6.07) is 103. The number of aromatic nitrogens is 1. The second-order valence-corrected chi connectivity index (χ2v) is 19.4. The number of anilines is 4. The summed E-state index contributed by atoms with van der Waals surface area (Å²) in [4.78, 5) is 0. The first kappa shape index (κ1) is 43.8. The van der Waals surface area contributed by atoms with Gasteiger partial charge in [-0.3, -0.25) is 0 Å². The van der Waals surface area contributed by atoms with Crippen molar-refractivity contribution >= 4 is 60.8 Å². The van der Waals surface area contributed by atoms with Gasteiger partial charge in [-0.15, -0.1) is 0 Å². The molecular formula is C72H49N3. The van der Waals surface area contributed by atoms with Gasteiger partial charge in [-0.05, 0) is 116 Å². The smallest absolute Gasteiger partial charge is 0.0620 e. The van der Waals surface area contributed by atoms with Gasteiger partial charge in [0.1, 0.15) is 0 Å². The maximum absolute atomic E-state index is 4.13. The van der Waals surface area contributed by atoms with E-state index in [0.29, 0.717) is 0 Å². The lowest BCUT2D eigenvalue weighted by Gasteiger charge is -2.23. The highest BCUT2D eigenvalue weighted by atomic mass is 14.9. The van der Waals surface area contributed by atoms with Gasteiger partial charge in [0.15, 0.2) is 0 Å². The summed E-state index contributed by atoms with van der Waals surface area (Å²) >= 11 is 0. The van der Waals surface area contributed by atoms with Gasteiger partial charge in [-0.25, -0.2) is 0 Å². The van der Waals surface area contributed by atoms with Crippen LogP contribution in [0.4, 0.5) is 22.7 Å². The Morgan fingerprint density at radius 2 is 0.560 bits per heavy atom. The molecule has 14 aromatic rings. The Hall–Kier alpha value is -9.96. The standard InChI is InChI=1S/C72H49N3/c1-7-22-48(23-8-1)56-43-63(50-26-11-3-12-27-50)70(64(44-56)51-28-13-4-14-29-51)73-58-40-55(54-38-39-69-67(42-54)62-36-21-35-61-60-34-19-20-37-68(60)75(69)72(61)62)41-59(47-58)74-71-65(52-30-15-5-16-31-52)45-57(49-24-9-2-10-25-49)46-66(71)53-32-17-6-18-33-53/h1-47,73-74H. The van der Waals surface area contributed by atoms with Gasteiger partial charge in [0.25, 0.3) is 0 Å². The van der Waals surface area contributed by atoms with Crippen LogP contribution in [-0.4, -0.2) is 4.40 Å². The Kier molecular flexibility index (Phi) is 10.8. The Bertz CT molecular complexity index is 4050. The summed E-state index contributed by atoms with van der Waals surface area (Å²) in [6.45, 7) is 0. The van der Waals surface area contributed by atoms with Crippen LogP contribution in [0.5, 0.6) is 0 Å². The van der Waals surface area contributed by atoms with Gasteiger partial charge in [0.2, 0.25) is 0 Å². The van der Waals surface area contributed by atoms with Crippen LogP contribution in [0.15, 0.2) is 285 Å². The van der Waals surface area contributed by atoms with Crippen molar-refractivity contribution in [1.29, 1.82) is 0 Å². The molecule has 0 bridgehead atoms. The highest BCUT2D eigenvalue weighted by molar-refractivity contribution is 6.23. The second-order valence-electron chi connectivity index (χ2n) is 19.4. The van der Waals surface area contributed by atoms with Crippen molar-refractivity contribution in [2.24, 2.45) is 0 Å². The highest BCUT2D eigenvalue weighted by Crippen LogP contribution is 2.47. The van der Waals surface area contributed by atoms with Crippen LogP contribution in [-0.2, 0) is 0 Å². The lowest BCUT2D eigenvalue weighted by Crippen LogP contribution is -2.01. The van der Waals surface area contributed by atoms with Crippen LogP contribution < -0.4 is 10.6 Å². The highest BCUT2D eigenvalue weighted by Gasteiger charge is 2.21. The minimum Gasteiger partial charge on any atom is -0.354 e. The Balaban J connectivity index is 1.01. The van der Waals surface area contributed by atoms with E-state index in [9.17, 15) is 0 Å². The zero-order valence-corrected chi connectivity index (χ0v) is 41.1. The second kappa shape index (κ2) is 18.6. The fraction of sp³-hybridized carbons (Fsp3) is 0. The lowest BCUT2D eigenvalue weighted by atomic mass is 9.90. The van der Waals surface area contributed by atoms with E-state index < -0.39 is 0 Å². The molecular weight excluding hydrogens is 907 g/mol. The molecule has 0 amide bonds. The molecule has 12 aromatic carbocycles. The fourth-order valence-corrected chi connectivity index (χ4v) is 11.4. The van der Waals surface area contributed by atoms with Crippen LogP contribution in [0.1, 0.15) is 0 Å². The molecule has 0 saturated carbocycles. The predicted molar refractivity (Wildman–Crippen MR) is 319 cm³/mol. The molecule has 75 heavy (non-hydrogen) atoms. The Morgan fingerprint density at radius 1 is 0.213 bits per heavy atom. The molecule has 0 atom stereocenters. The van der Waals surface area contributed by atoms with Crippen LogP contribution in [0.3, 0.4) is 0 Å². The van der Waals surface area contributed by atoms with Gasteiger partial charge in [0.05, 0.1) is 27.9 Å². The quantitative estimate of drug-likeness (QED) is 0.135. The first-order chi connectivity index (χ1) is 37.2. The lowest BCUT2D eigenvalue weighted by molar-refractivity contribution is 1.37.